The second-order valence-electron chi connectivity index (χ2n) is 12.4. The van der Waals surface area contributed by atoms with E-state index >= 15 is 0 Å². The number of benzene rings is 8. The van der Waals surface area contributed by atoms with E-state index in [1.165, 1.54) is 0 Å². The topological polar surface area (TPSA) is 54.1 Å². The third-order valence-electron chi connectivity index (χ3n) is 9.50. The molecule has 0 N–H and O–H groups in total. The lowest BCUT2D eigenvalue weighted by Gasteiger charge is -2.28. The standard InChI is InChI=1S/C47H32N4/c48-33-47(34-49,37-25-29-41(30-26-37)50(39-17-3-1-4-18-39)45-23-11-15-35-13-7-9-21-43(35)45)38-27-31-42(32-28-38)51(40-19-5-2-6-20-40)46-24-12-16-36-14-8-10-22-44(36)46/h1-32H. The van der Waals surface area contributed by atoms with Gasteiger partial charge in [-0.25, -0.2) is 0 Å². The van der Waals surface area contributed by atoms with Crippen molar-refractivity contribution < 1.29 is 0 Å². The van der Waals surface area contributed by atoms with Gasteiger partial charge in [0.2, 0.25) is 0 Å². The lowest BCUT2D eigenvalue weighted by Crippen LogP contribution is -2.24. The fourth-order valence-electron chi connectivity index (χ4n) is 6.99. The Morgan fingerprint density at radius 1 is 0.333 bits per heavy atom. The molecule has 4 heteroatoms. The minimum Gasteiger partial charge on any atom is -0.310 e. The highest BCUT2D eigenvalue weighted by Gasteiger charge is 2.35. The van der Waals surface area contributed by atoms with E-state index in [2.05, 4.69) is 119 Å². The number of fused-ring (bicyclic) bond motifs is 2. The first kappa shape index (κ1) is 31.1. The van der Waals surface area contributed by atoms with Crippen molar-refractivity contribution in [1.29, 1.82) is 10.5 Å². The van der Waals surface area contributed by atoms with E-state index in [-0.39, 0.29) is 0 Å². The molecule has 8 aromatic rings. The van der Waals surface area contributed by atoms with E-state index in [1.54, 1.807) is 0 Å². The van der Waals surface area contributed by atoms with Crippen LogP contribution in [0.15, 0.2) is 194 Å². The van der Waals surface area contributed by atoms with Crippen LogP contribution in [0.1, 0.15) is 11.1 Å². The largest absolute Gasteiger partial charge is 0.310 e. The maximum Gasteiger partial charge on any atom is 0.193 e. The molecule has 0 saturated carbocycles. The van der Waals surface area contributed by atoms with Gasteiger partial charge in [0, 0.05) is 33.5 Å². The number of hydrogen-bond donors (Lipinski definition) is 0. The molecule has 0 amide bonds. The Morgan fingerprint density at radius 2 is 0.667 bits per heavy atom. The summed E-state index contributed by atoms with van der Waals surface area (Å²) in [5, 5.41) is 25.9. The molecule has 0 saturated heterocycles. The molecule has 0 heterocycles. The SMILES string of the molecule is N#CC(C#N)(c1ccc(N(c2ccccc2)c2cccc3ccccc23)cc1)c1ccc(N(c2ccccc2)c2cccc3ccccc23)cc1. The van der Waals surface area contributed by atoms with Gasteiger partial charge < -0.3 is 9.80 Å². The number of nitriles is 2. The fourth-order valence-corrected chi connectivity index (χ4v) is 6.99. The van der Waals surface area contributed by atoms with Gasteiger partial charge in [-0.15, -0.1) is 0 Å². The van der Waals surface area contributed by atoms with Crippen LogP contribution in [0.2, 0.25) is 0 Å². The molecule has 0 unspecified atom stereocenters. The van der Waals surface area contributed by atoms with Gasteiger partial charge in [-0.1, -0.05) is 133 Å². The third-order valence-corrected chi connectivity index (χ3v) is 9.50. The Morgan fingerprint density at radius 3 is 1.06 bits per heavy atom. The quantitative estimate of drug-likeness (QED) is 0.164. The summed E-state index contributed by atoms with van der Waals surface area (Å²) in [7, 11) is 0. The van der Waals surface area contributed by atoms with E-state index in [0.717, 1.165) is 55.7 Å². The molecule has 0 spiro atoms. The fraction of sp³-hybridized carbons (Fsp3) is 0.0213. The smallest absolute Gasteiger partial charge is 0.193 e. The zero-order valence-corrected chi connectivity index (χ0v) is 27.8. The summed E-state index contributed by atoms with van der Waals surface area (Å²) in [6, 6.07) is 70.2. The average Bonchev–Trinajstić information content (AvgIpc) is 3.21. The van der Waals surface area contributed by atoms with Crippen LogP contribution in [0.5, 0.6) is 0 Å². The van der Waals surface area contributed by atoms with Gasteiger partial charge in [-0.2, -0.15) is 10.5 Å². The second-order valence-corrected chi connectivity index (χ2v) is 12.4. The van der Waals surface area contributed by atoms with Gasteiger partial charge in [0.15, 0.2) is 5.41 Å². The Bertz CT molecular complexity index is 2350. The predicted octanol–water partition coefficient (Wildman–Crippen LogP) is 12.3. The molecule has 8 aromatic carbocycles. The van der Waals surface area contributed by atoms with Crippen LogP contribution in [-0.4, -0.2) is 0 Å². The lowest BCUT2D eigenvalue weighted by atomic mass is 9.77. The first-order chi connectivity index (χ1) is 25.2. The maximum absolute atomic E-state index is 10.7. The molecule has 0 aliphatic heterocycles. The molecule has 240 valence electrons. The Hall–Kier alpha value is -7.14. The highest BCUT2D eigenvalue weighted by Crippen LogP contribution is 2.42. The monoisotopic (exact) mass is 652 g/mol. The number of hydrogen-bond acceptors (Lipinski definition) is 4. The molecular formula is C47H32N4. The van der Waals surface area contributed by atoms with Crippen molar-refractivity contribution in [2.45, 2.75) is 5.41 Å². The summed E-state index contributed by atoms with van der Waals surface area (Å²) in [4.78, 5) is 4.43. The Kier molecular flexibility index (Phi) is 8.18. The van der Waals surface area contributed by atoms with Crippen molar-refractivity contribution in [2.24, 2.45) is 0 Å². The number of para-hydroxylation sites is 2. The Balaban J connectivity index is 1.19. The van der Waals surface area contributed by atoms with Crippen LogP contribution < -0.4 is 9.80 Å². The molecule has 0 aliphatic carbocycles. The minimum absolute atomic E-state index is 0.615. The highest BCUT2D eigenvalue weighted by atomic mass is 15.1. The van der Waals surface area contributed by atoms with Crippen molar-refractivity contribution >= 4 is 55.7 Å². The van der Waals surface area contributed by atoms with Crippen LogP contribution in [0, 0.1) is 22.7 Å². The van der Waals surface area contributed by atoms with Crippen LogP contribution in [-0.2, 0) is 5.41 Å². The summed E-state index contributed by atoms with van der Waals surface area (Å²) in [6.45, 7) is 0. The van der Waals surface area contributed by atoms with Crippen molar-refractivity contribution in [1.82, 2.24) is 0 Å². The third kappa shape index (κ3) is 5.62. The summed E-state index contributed by atoms with van der Waals surface area (Å²) in [5.74, 6) is 0. The maximum atomic E-state index is 10.7. The van der Waals surface area contributed by atoms with Crippen molar-refractivity contribution in [3.8, 4) is 12.1 Å². The van der Waals surface area contributed by atoms with E-state index in [0.29, 0.717) is 11.1 Å². The second kappa shape index (κ2) is 13.4. The summed E-state index contributed by atoms with van der Waals surface area (Å²) in [5.41, 5.74) is 5.69. The van der Waals surface area contributed by atoms with Crippen LogP contribution >= 0.6 is 0 Å². The zero-order valence-electron chi connectivity index (χ0n) is 27.8. The van der Waals surface area contributed by atoms with Gasteiger partial charge in [0.05, 0.1) is 23.5 Å². The van der Waals surface area contributed by atoms with E-state index in [1.807, 2.05) is 97.1 Å². The molecule has 0 aliphatic rings. The van der Waals surface area contributed by atoms with Gasteiger partial charge >= 0.3 is 0 Å². The number of rotatable bonds is 8. The Labute approximate surface area is 297 Å². The van der Waals surface area contributed by atoms with Gasteiger partial charge in [0.25, 0.3) is 0 Å². The minimum atomic E-state index is -1.51. The summed E-state index contributed by atoms with van der Waals surface area (Å²) in [6.07, 6.45) is 0. The zero-order chi connectivity index (χ0) is 34.6. The van der Waals surface area contributed by atoms with E-state index < -0.39 is 5.41 Å². The number of nitrogens with zero attached hydrogens (tertiary/aromatic N) is 4. The molecule has 4 nitrogen and oxygen atoms in total. The van der Waals surface area contributed by atoms with E-state index in [4.69, 9.17) is 0 Å². The highest BCUT2D eigenvalue weighted by molar-refractivity contribution is 6.00. The van der Waals surface area contributed by atoms with Gasteiger partial charge in [0.1, 0.15) is 0 Å². The molecular weight excluding hydrogens is 621 g/mol. The molecule has 0 atom stereocenters. The predicted molar refractivity (Wildman–Crippen MR) is 209 cm³/mol. The molecule has 0 fully saturated rings. The van der Waals surface area contributed by atoms with Gasteiger partial charge in [-0.3, -0.25) is 0 Å². The van der Waals surface area contributed by atoms with E-state index in [9.17, 15) is 10.5 Å². The van der Waals surface area contributed by atoms with Crippen molar-refractivity contribution in [3.63, 3.8) is 0 Å². The number of anilines is 6. The average molecular weight is 653 g/mol. The van der Waals surface area contributed by atoms with Crippen LogP contribution in [0.3, 0.4) is 0 Å². The molecule has 0 bridgehead atoms. The summed E-state index contributed by atoms with van der Waals surface area (Å²) < 4.78 is 0. The van der Waals surface area contributed by atoms with Crippen molar-refractivity contribution in [3.05, 3.63) is 205 Å². The van der Waals surface area contributed by atoms with Gasteiger partial charge in [-0.05, 0) is 82.6 Å². The lowest BCUT2D eigenvalue weighted by molar-refractivity contribution is 0.848. The molecule has 0 aromatic heterocycles. The molecule has 8 rings (SSSR count). The summed E-state index contributed by atoms with van der Waals surface area (Å²) >= 11 is 0. The van der Waals surface area contributed by atoms with Crippen molar-refractivity contribution in [2.75, 3.05) is 9.80 Å². The van der Waals surface area contributed by atoms with Crippen LogP contribution in [0.25, 0.3) is 21.5 Å². The normalized spacial score (nSPS) is 11.1. The first-order valence-corrected chi connectivity index (χ1v) is 16.9. The molecule has 51 heavy (non-hydrogen) atoms. The first-order valence-electron chi connectivity index (χ1n) is 16.9. The van der Waals surface area contributed by atoms with Crippen LogP contribution in [0.4, 0.5) is 34.1 Å². The molecule has 0 radical (unpaired) electrons.